The molecule has 124 valence electrons. The summed E-state index contributed by atoms with van der Waals surface area (Å²) in [5.41, 5.74) is -1.95. The van der Waals surface area contributed by atoms with E-state index in [2.05, 4.69) is 17.6 Å². The fourth-order valence-electron chi connectivity index (χ4n) is 4.45. The molecule has 2 bridgehead atoms. The number of carbonyl (C=O) groups is 3. The van der Waals surface area contributed by atoms with E-state index in [4.69, 9.17) is 0 Å². The molecule has 3 amide bonds. The van der Waals surface area contributed by atoms with Gasteiger partial charge < -0.3 is 5.32 Å². The highest BCUT2D eigenvalue weighted by molar-refractivity contribution is 6.04. The van der Waals surface area contributed by atoms with Crippen LogP contribution in [0.25, 0.3) is 0 Å². The summed E-state index contributed by atoms with van der Waals surface area (Å²) in [6.45, 7) is 8.42. The highest BCUT2D eigenvalue weighted by Gasteiger charge is 2.60. The molecule has 1 heterocycles. The van der Waals surface area contributed by atoms with Crippen LogP contribution in [0.1, 0.15) is 66.2 Å². The summed E-state index contributed by atoms with van der Waals surface area (Å²) in [5, 5.41) is 5.49. The van der Waals surface area contributed by atoms with E-state index in [-0.39, 0.29) is 17.7 Å². The van der Waals surface area contributed by atoms with Crippen molar-refractivity contribution in [2.45, 2.75) is 66.2 Å². The Kier molecular flexibility index (Phi) is 4.37. The molecule has 22 heavy (non-hydrogen) atoms. The normalized spacial score (nSPS) is 37.6. The Bertz CT molecular complexity index is 474. The standard InChI is InChI=1S/C17H28N2O3/c1-5-6-7-8-18-12(20)15(2)9-16(3)11-17(4,10-15)14(22)19-13(16)21/h5-11H2,1-4H3,(H,18,20)(H,19,21,22). The number of imide groups is 1. The van der Waals surface area contributed by atoms with E-state index in [1.807, 2.05) is 20.8 Å². The molecular formula is C17H28N2O3. The van der Waals surface area contributed by atoms with Crippen LogP contribution < -0.4 is 10.6 Å². The number of hydrogen-bond acceptors (Lipinski definition) is 3. The van der Waals surface area contributed by atoms with E-state index in [1.54, 1.807) is 0 Å². The molecule has 0 aromatic carbocycles. The second-order valence-corrected chi connectivity index (χ2v) is 7.96. The molecule has 1 saturated carbocycles. The van der Waals surface area contributed by atoms with Crippen molar-refractivity contribution in [3.8, 4) is 0 Å². The van der Waals surface area contributed by atoms with Crippen molar-refractivity contribution in [2.75, 3.05) is 6.54 Å². The zero-order valence-electron chi connectivity index (χ0n) is 14.2. The Morgan fingerprint density at radius 2 is 1.59 bits per heavy atom. The maximum Gasteiger partial charge on any atom is 0.232 e. The minimum atomic E-state index is -0.665. The predicted molar refractivity (Wildman–Crippen MR) is 83.9 cm³/mol. The lowest BCUT2D eigenvalue weighted by atomic mass is 9.52. The lowest BCUT2D eigenvalue weighted by Gasteiger charge is -2.53. The highest BCUT2D eigenvalue weighted by Crippen LogP contribution is 2.56. The van der Waals surface area contributed by atoms with Crippen molar-refractivity contribution in [3.05, 3.63) is 0 Å². The van der Waals surface area contributed by atoms with Gasteiger partial charge in [-0.25, -0.2) is 0 Å². The van der Waals surface area contributed by atoms with E-state index < -0.39 is 16.2 Å². The molecule has 5 nitrogen and oxygen atoms in total. The Labute approximate surface area is 132 Å². The quantitative estimate of drug-likeness (QED) is 0.603. The maximum atomic E-state index is 12.7. The third-order valence-electron chi connectivity index (χ3n) is 5.28. The van der Waals surface area contributed by atoms with E-state index in [0.717, 1.165) is 19.3 Å². The Balaban J connectivity index is 2.15. The van der Waals surface area contributed by atoms with E-state index in [1.165, 1.54) is 0 Å². The zero-order chi connectivity index (χ0) is 16.6. The molecule has 2 fully saturated rings. The smallest absolute Gasteiger partial charge is 0.232 e. The lowest BCUT2D eigenvalue weighted by Crippen LogP contribution is -2.63. The first kappa shape index (κ1) is 17.0. The topological polar surface area (TPSA) is 75.3 Å². The van der Waals surface area contributed by atoms with Crippen LogP contribution in [0.2, 0.25) is 0 Å². The first-order valence-corrected chi connectivity index (χ1v) is 8.29. The molecule has 1 saturated heterocycles. The van der Waals surface area contributed by atoms with Gasteiger partial charge in [-0.3, -0.25) is 19.7 Å². The molecule has 0 spiro atoms. The first-order chi connectivity index (χ1) is 10.2. The van der Waals surface area contributed by atoms with Crippen LogP contribution >= 0.6 is 0 Å². The predicted octanol–water partition coefficient (Wildman–Crippen LogP) is 2.15. The number of hydrogen-bond donors (Lipinski definition) is 2. The zero-order valence-corrected chi connectivity index (χ0v) is 14.2. The molecule has 1 aliphatic heterocycles. The van der Waals surface area contributed by atoms with Gasteiger partial charge in [0.15, 0.2) is 0 Å². The molecule has 0 radical (unpaired) electrons. The van der Waals surface area contributed by atoms with Gasteiger partial charge in [0.2, 0.25) is 17.7 Å². The van der Waals surface area contributed by atoms with Crippen molar-refractivity contribution in [2.24, 2.45) is 16.2 Å². The number of nitrogens with one attached hydrogen (secondary N) is 2. The maximum absolute atomic E-state index is 12.7. The third-order valence-corrected chi connectivity index (χ3v) is 5.28. The Hall–Kier alpha value is -1.39. The van der Waals surface area contributed by atoms with Gasteiger partial charge in [0.25, 0.3) is 0 Å². The third kappa shape index (κ3) is 2.90. The molecule has 0 aromatic heterocycles. The van der Waals surface area contributed by atoms with Crippen molar-refractivity contribution in [1.82, 2.24) is 10.6 Å². The van der Waals surface area contributed by atoms with Gasteiger partial charge in [0.1, 0.15) is 0 Å². The van der Waals surface area contributed by atoms with Gasteiger partial charge in [-0.15, -0.1) is 0 Å². The largest absolute Gasteiger partial charge is 0.356 e. The SMILES string of the molecule is CCCCCNC(=O)C1(C)CC2(C)CC(C)(C1)C(=O)NC2=O. The average molecular weight is 308 g/mol. The number of rotatable bonds is 5. The van der Waals surface area contributed by atoms with Gasteiger partial charge in [-0.05, 0) is 25.7 Å². The van der Waals surface area contributed by atoms with Crippen LogP contribution in [0.3, 0.4) is 0 Å². The van der Waals surface area contributed by atoms with E-state index in [9.17, 15) is 14.4 Å². The summed E-state index contributed by atoms with van der Waals surface area (Å²) >= 11 is 0. The average Bonchev–Trinajstić information content (AvgIpc) is 2.40. The molecule has 0 aromatic rings. The summed E-state index contributed by atoms with van der Waals surface area (Å²) < 4.78 is 0. The van der Waals surface area contributed by atoms with Gasteiger partial charge in [-0.1, -0.05) is 40.5 Å². The molecular weight excluding hydrogens is 280 g/mol. The molecule has 2 N–H and O–H groups in total. The van der Waals surface area contributed by atoms with Gasteiger partial charge >= 0.3 is 0 Å². The summed E-state index contributed by atoms with van der Waals surface area (Å²) in [6.07, 6.45) is 4.68. The number of amides is 3. The summed E-state index contributed by atoms with van der Waals surface area (Å²) in [7, 11) is 0. The first-order valence-electron chi connectivity index (χ1n) is 8.29. The molecule has 2 unspecified atom stereocenters. The monoisotopic (exact) mass is 308 g/mol. The number of carbonyl (C=O) groups excluding carboxylic acids is 3. The molecule has 1 aliphatic carbocycles. The second kappa shape index (κ2) is 5.67. The van der Waals surface area contributed by atoms with Crippen molar-refractivity contribution in [1.29, 1.82) is 0 Å². The Morgan fingerprint density at radius 3 is 2.09 bits per heavy atom. The number of unbranched alkanes of at least 4 members (excludes halogenated alkanes) is 2. The fourth-order valence-corrected chi connectivity index (χ4v) is 4.45. The second-order valence-electron chi connectivity index (χ2n) is 7.96. The number of fused-ring (bicyclic) bond motifs is 2. The summed E-state index contributed by atoms with van der Waals surface area (Å²) in [5.74, 6) is -0.498. The van der Waals surface area contributed by atoms with Crippen LogP contribution in [-0.4, -0.2) is 24.3 Å². The van der Waals surface area contributed by atoms with E-state index in [0.29, 0.717) is 25.8 Å². The lowest BCUT2D eigenvalue weighted by molar-refractivity contribution is -0.164. The summed E-state index contributed by atoms with van der Waals surface area (Å²) in [4.78, 5) is 37.1. The van der Waals surface area contributed by atoms with Crippen LogP contribution in [0.4, 0.5) is 0 Å². The Morgan fingerprint density at radius 1 is 1.05 bits per heavy atom. The van der Waals surface area contributed by atoms with E-state index >= 15 is 0 Å². The highest BCUT2D eigenvalue weighted by atomic mass is 16.2. The minimum Gasteiger partial charge on any atom is -0.356 e. The number of piperidine rings is 1. The fraction of sp³-hybridized carbons (Fsp3) is 0.824. The van der Waals surface area contributed by atoms with Crippen LogP contribution in [0, 0.1) is 16.2 Å². The summed E-state index contributed by atoms with van der Waals surface area (Å²) in [6, 6.07) is 0. The van der Waals surface area contributed by atoms with Crippen molar-refractivity contribution < 1.29 is 14.4 Å². The van der Waals surface area contributed by atoms with Gasteiger partial charge in [-0.2, -0.15) is 0 Å². The van der Waals surface area contributed by atoms with Crippen LogP contribution in [0.5, 0.6) is 0 Å². The van der Waals surface area contributed by atoms with Crippen LogP contribution in [-0.2, 0) is 14.4 Å². The van der Waals surface area contributed by atoms with Crippen molar-refractivity contribution in [3.63, 3.8) is 0 Å². The molecule has 2 rings (SSSR count). The minimum absolute atomic E-state index is 0.0248. The van der Waals surface area contributed by atoms with Crippen molar-refractivity contribution >= 4 is 17.7 Å². The van der Waals surface area contributed by atoms with Crippen LogP contribution in [0.15, 0.2) is 0 Å². The van der Waals surface area contributed by atoms with Gasteiger partial charge in [0, 0.05) is 22.8 Å². The molecule has 2 atom stereocenters. The molecule has 2 aliphatic rings. The molecule has 5 heteroatoms. The van der Waals surface area contributed by atoms with Gasteiger partial charge in [0.05, 0.1) is 0 Å².